The number of aryl methyl sites for hydroxylation is 1. The molecule has 152 valence electrons. The van der Waals surface area contributed by atoms with E-state index in [2.05, 4.69) is 22.1 Å². The zero-order valence-corrected chi connectivity index (χ0v) is 18.4. The maximum atomic E-state index is 12.7. The first-order valence-corrected chi connectivity index (χ1v) is 11.8. The highest BCUT2D eigenvalue weighted by Gasteiger charge is 2.31. The van der Waals surface area contributed by atoms with Gasteiger partial charge in [-0.2, -0.15) is 0 Å². The van der Waals surface area contributed by atoms with Crippen molar-refractivity contribution in [2.45, 2.75) is 24.2 Å². The quantitative estimate of drug-likeness (QED) is 0.362. The van der Waals surface area contributed by atoms with Gasteiger partial charge in [-0.3, -0.25) is 14.4 Å². The molecule has 11 heteroatoms. The summed E-state index contributed by atoms with van der Waals surface area (Å²) in [5.74, 6) is 0.508. The van der Waals surface area contributed by atoms with Gasteiger partial charge in [0.25, 0.3) is 0 Å². The predicted molar refractivity (Wildman–Crippen MR) is 114 cm³/mol. The molecule has 1 amide bonds. The van der Waals surface area contributed by atoms with E-state index in [1.807, 2.05) is 6.92 Å². The number of hydrogen-bond acceptors (Lipinski definition) is 8. The second-order valence-electron chi connectivity index (χ2n) is 5.87. The van der Waals surface area contributed by atoms with E-state index in [9.17, 15) is 13.2 Å². The zero-order valence-electron chi connectivity index (χ0n) is 16.0. The molecular weight excluding hydrogens is 420 g/mol. The molecule has 0 spiro atoms. The van der Waals surface area contributed by atoms with Crippen molar-refractivity contribution >= 4 is 49.8 Å². The van der Waals surface area contributed by atoms with Crippen LogP contribution in [0.4, 0.5) is 10.8 Å². The number of ether oxygens (including phenoxy) is 1. The van der Waals surface area contributed by atoms with Crippen LogP contribution in [-0.4, -0.2) is 49.7 Å². The first kappa shape index (κ1) is 22.2. The molecule has 8 nitrogen and oxygen atoms in total. The standard InChI is InChI=1S/C17H22N4O4S3/c1-6-9-26-17-20-19-16(27-17)18-15(22)12(3)21(28(5,23)24)13-10-11(2)7-8-14(13)25-4/h6-8,10,12H,1,9H2,2-5H3,(H,18,19,22)/t12-/m1/s1. The Labute approximate surface area is 173 Å². The Balaban J connectivity index is 2.30. The number of rotatable bonds is 9. The van der Waals surface area contributed by atoms with Gasteiger partial charge in [0.1, 0.15) is 11.8 Å². The second-order valence-corrected chi connectivity index (χ2v) is 9.98. The molecule has 0 aliphatic heterocycles. The highest BCUT2D eigenvalue weighted by Crippen LogP contribution is 2.33. The molecule has 1 atom stereocenters. The van der Waals surface area contributed by atoms with Gasteiger partial charge in [-0.1, -0.05) is 35.2 Å². The van der Waals surface area contributed by atoms with Crippen molar-refractivity contribution in [1.82, 2.24) is 10.2 Å². The van der Waals surface area contributed by atoms with Gasteiger partial charge < -0.3 is 4.74 Å². The molecule has 0 saturated heterocycles. The van der Waals surface area contributed by atoms with Gasteiger partial charge in [-0.15, -0.1) is 16.8 Å². The number of carbonyl (C=O) groups is 1. The number of sulfonamides is 1. The van der Waals surface area contributed by atoms with Gasteiger partial charge in [0.15, 0.2) is 4.34 Å². The number of anilines is 2. The fraction of sp³-hybridized carbons (Fsp3) is 0.353. The number of benzene rings is 1. The number of thioether (sulfide) groups is 1. The van der Waals surface area contributed by atoms with Crippen LogP contribution in [0.25, 0.3) is 0 Å². The summed E-state index contributed by atoms with van der Waals surface area (Å²) in [6.45, 7) is 6.98. The molecule has 2 aromatic rings. The van der Waals surface area contributed by atoms with E-state index in [0.717, 1.165) is 16.1 Å². The fourth-order valence-electron chi connectivity index (χ4n) is 2.41. The number of methoxy groups -OCH3 is 1. The molecule has 0 fully saturated rings. The fourth-order valence-corrected chi connectivity index (χ4v) is 5.10. The summed E-state index contributed by atoms with van der Waals surface area (Å²) in [7, 11) is -2.32. The lowest BCUT2D eigenvalue weighted by Crippen LogP contribution is -2.45. The number of nitrogens with one attached hydrogen (secondary N) is 1. The van der Waals surface area contributed by atoms with E-state index >= 15 is 0 Å². The smallest absolute Gasteiger partial charge is 0.249 e. The summed E-state index contributed by atoms with van der Waals surface area (Å²) in [5, 5.41) is 10.8. The topological polar surface area (TPSA) is 101 Å². The Morgan fingerprint density at radius 2 is 2.18 bits per heavy atom. The van der Waals surface area contributed by atoms with Crippen LogP contribution >= 0.6 is 23.1 Å². The van der Waals surface area contributed by atoms with Crippen molar-refractivity contribution in [1.29, 1.82) is 0 Å². The van der Waals surface area contributed by atoms with Gasteiger partial charge in [0.05, 0.1) is 19.1 Å². The van der Waals surface area contributed by atoms with Crippen LogP contribution in [0.1, 0.15) is 12.5 Å². The lowest BCUT2D eigenvalue weighted by Gasteiger charge is -2.29. The van der Waals surface area contributed by atoms with Crippen LogP contribution < -0.4 is 14.4 Å². The molecule has 0 bridgehead atoms. The minimum atomic E-state index is -3.77. The van der Waals surface area contributed by atoms with E-state index in [0.29, 0.717) is 26.7 Å². The molecule has 0 saturated carbocycles. The largest absolute Gasteiger partial charge is 0.495 e. The number of amides is 1. The van der Waals surface area contributed by atoms with E-state index in [4.69, 9.17) is 4.74 Å². The third kappa shape index (κ3) is 5.46. The molecule has 1 N–H and O–H groups in total. The van der Waals surface area contributed by atoms with Crippen molar-refractivity contribution in [2.75, 3.05) is 28.7 Å². The summed E-state index contributed by atoms with van der Waals surface area (Å²) < 4.78 is 32.0. The number of hydrogen-bond donors (Lipinski definition) is 1. The Kier molecular flexibility index (Phi) is 7.44. The van der Waals surface area contributed by atoms with Crippen molar-refractivity contribution in [3.05, 3.63) is 36.4 Å². The molecule has 2 rings (SSSR count). The zero-order chi connectivity index (χ0) is 20.9. The van der Waals surface area contributed by atoms with E-state index < -0.39 is 22.0 Å². The second kappa shape index (κ2) is 9.39. The van der Waals surface area contributed by atoms with Crippen LogP contribution in [0.2, 0.25) is 0 Å². The maximum Gasteiger partial charge on any atom is 0.249 e. The van der Waals surface area contributed by atoms with Gasteiger partial charge >= 0.3 is 0 Å². The van der Waals surface area contributed by atoms with Crippen molar-refractivity contribution < 1.29 is 17.9 Å². The molecule has 28 heavy (non-hydrogen) atoms. The summed E-state index contributed by atoms with van der Waals surface area (Å²) in [6, 6.07) is 4.11. The number of nitrogens with zero attached hydrogens (tertiary/aromatic N) is 3. The van der Waals surface area contributed by atoms with Crippen LogP contribution in [0.5, 0.6) is 5.75 Å². The summed E-state index contributed by atoms with van der Waals surface area (Å²) >= 11 is 2.66. The van der Waals surface area contributed by atoms with Crippen LogP contribution in [0.15, 0.2) is 35.2 Å². The Morgan fingerprint density at radius 1 is 1.46 bits per heavy atom. The monoisotopic (exact) mass is 442 g/mol. The van der Waals surface area contributed by atoms with E-state index in [-0.39, 0.29) is 0 Å². The molecule has 0 unspecified atom stereocenters. The maximum absolute atomic E-state index is 12.7. The van der Waals surface area contributed by atoms with E-state index in [1.165, 1.54) is 37.1 Å². The summed E-state index contributed by atoms with van der Waals surface area (Å²) in [6.07, 6.45) is 2.79. The Hall–Kier alpha value is -2.11. The number of aromatic nitrogens is 2. The SMILES string of the molecule is C=CCSc1nnc(NC(=O)[C@@H](C)N(c2cc(C)ccc2OC)S(C)(=O)=O)s1. The molecule has 1 heterocycles. The average Bonchev–Trinajstić information content (AvgIpc) is 3.06. The highest BCUT2D eigenvalue weighted by molar-refractivity contribution is 8.01. The summed E-state index contributed by atoms with van der Waals surface area (Å²) in [5.41, 5.74) is 1.14. The van der Waals surface area contributed by atoms with Gasteiger partial charge in [0.2, 0.25) is 21.1 Å². The van der Waals surface area contributed by atoms with Gasteiger partial charge in [0, 0.05) is 5.75 Å². The van der Waals surface area contributed by atoms with Crippen molar-refractivity contribution in [3.8, 4) is 5.75 Å². The molecular formula is C17H22N4O4S3. The summed E-state index contributed by atoms with van der Waals surface area (Å²) in [4.78, 5) is 12.7. The molecule has 0 aliphatic carbocycles. The van der Waals surface area contributed by atoms with E-state index in [1.54, 1.807) is 24.3 Å². The lowest BCUT2D eigenvalue weighted by molar-refractivity contribution is -0.116. The molecule has 1 aromatic carbocycles. The third-order valence-electron chi connectivity index (χ3n) is 3.62. The first-order chi connectivity index (χ1) is 13.2. The predicted octanol–water partition coefficient (Wildman–Crippen LogP) is 2.93. The van der Waals surface area contributed by atoms with Crippen molar-refractivity contribution in [2.24, 2.45) is 0 Å². The normalized spacial score (nSPS) is 12.3. The average molecular weight is 443 g/mol. The Morgan fingerprint density at radius 3 is 2.79 bits per heavy atom. The van der Waals surface area contributed by atoms with Crippen molar-refractivity contribution in [3.63, 3.8) is 0 Å². The molecule has 0 radical (unpaired) electrons. The minimum Gasteiger partial charge on any atom is -0.495 e. The van der Waals surface area contributed by atoms with Crippen LogP contribution in [0, 0.1) is 6.92 Å². The van der Waals surface area contributed by atoms with Crippen LogP contribution in [-0.2, 0) is 14.8 Å². The minimum absolute atomic E-state index is 0.298. The van der Waals surface area contributed by atoms with Gasteiger partial charge in [-0.25, -0.2) is 8.42 Å². The molecule has 1 aromatic heterocycles. The highest BCUT2D eigenvalue weighted by atomic mass is 32.2. The first-order valence-electron chi connectivity index (χ1n) is 8.19. The lowest BCUT2D eigenvalue weighted by atomic mass is 10.2. The molecule has 0 aliphatic rings. The van der Waals surface area contributed by atoms with Crippen LogP contribution in [0.3, 0.4) is 0 Å². The van der Waals surface area contributed by atoms with Gasteiger partial charge in [-0.05, 0) is 31.5 Å². The number of carbonyl (C=O) groups excluding carboxylic acids is 1. The Bertz CT molecular complexity index is 959. The third-order valence-corrected chi connectivity index (χ3v) is 6.82.